The smallest absolute Gasteiger partial charge is 0.0988 e. The van der Waals surface area contributed by atoms with Gasteiger partial charge in [-0.1, -0.05) is 0 Å². The summed E-state index contributed by atoms with van der Waals surface area (Å²) in [5, 5.41) is 4.17. The summed E-state index contributed by atoms with van der Waals surface area (Å²) in [6.07, 6.45) is 1.83. The molecule has 0 bridgehead atoms. The first-order chi connectivity index (χ1) is 4.88. The van der Waals surface area contributed by atoms with E-state index in [9.17, 15) is 0 Å². The van der Waals surface area contributed by atoms with Crippen molar-refractivity contribution in [3.05, 3.63) is 18.0 Å². The fourth-order valence-electron chi connectivity index (χ4n) is 1.13. The van der Waals surface area contributed by atoms with E-state index in [1.54, 1.807) is 0 Å². The van der Waals surface area contributed by atoms with Gasteiger partial charge in [-0.15, -0.1) is 0 Å². The average molecular weight is 138 g/mol. The lowest BCUT2D eigenvalue weighted by atomic mass is 10.2. The van der Waals surface area contributed by atoms with E-state index in [1.165, 1.54) is 5.69 Å². The molecule has 54 valence electrons. The van der Waals surface area contributed by atoms with E-state index in [0.717, 1.165) is 13.2 Å². The summed E-state index contributed by atoms with van der Waals surface area (Å²) in [7, 11) is 0. The minimum absolute atomic E-state index is 0.495. The normalized spacial score (nSPS) is 18.9. The van der Waals surface area contributed by atoms with Gasteiger partial charge in [-0.3, -0.25) is 4.68 Å². The van der Waals surface area contributed by atoms with Crippen molar-refractivity contribution in [1.29, 1.82) is 0 Å². The van der Waals surface area contributed by atoms with Crippen molar-refractivity contribution in [3.8, 4) is 0 Å². The Kier molecular flexibility index (Phi) is 1.24. The van der Waals surface area contributed by atoms with Crippen molar-refractivity contribution < 1.29 is 4.74 Å². The Labute approximate surface area is 59.6 Å². The summed E-state index contributed by atoms with van der Waals surface area (Å²) in [4.78, 5) is 0. The second kappa shape index (κ2) is 2.09. The monoisotopic (exact) mass is 138 g/mol. The molecule has 0 amide bonds. The van der Waals surface area contributed by atoms with Crippen LogP contribution >= 0.6 is 0 Å². The van der Waals surface area contributed by atoms with Crippen molar-refractivity contribution >= 4 is 0 Å². The van der Waals surface area contributed by atoms with Gasteiger partial charge in [0.25, 0.3) is 0 Å². The van der Waals surface area contributed by atoms with Crippen LogP contribution in [-0.4, -0.2) is 23.0 Å². The lowest BCUT2D eigenvalue weighted by molar-refractivity contribution is -0.0295. The lowest BCUT2D eigenvalue weighted by Gasteiger charge is -2.27. The topological polar surface area (TPSA) is 27.1 Å². The summed E-state index contributed by atoms with van der Waals surface area (Å²) < 4.78 is 7.07. The molecule has 0 aliphatic carbocycles. The minimum atomic E-state index is 0.495. The maximum Gasteiger partial charge on any atom is 0.0988 e. The van der Waals surface area contributed by atoms with Crippen LogP contribution in [0.1, 0.15) is 11.7 Å². The molecule has 2 rings (SSSR count). The molecule has 0 radical (unpaired) electrons. The van der Waals surface area contributed by atoms with Gasteiger partial charge in [0.15, 0.2) is 0 Å². The molecule has 10 heavy (non-hydrogen) atoms. The standard InChI is InChI=1S/C7H10N2O/c1-6-2-3-8-9(6)7-4-10-5-7/h2-3,7H,4-5H2,1H3. The first-order valence-electron chi connectivity index (χ1n) is 3.46. The molecule has 0 aromatic carbocycles. The number of hydrogen-bond donors (Lipinski definition) is 0. The van der Waals surface area contributed by atoms with E-state index in [0.29, 0.717) is 6.04 Å². The zero-order valence-corrected chi connectivity index (χ0v) is 5.95. The number of aromatic nitrogens is 2. The van der Waals surface area contributed by atoms with Crippen LogP contribution in [0.4, 0.5) is 0 Å². The summed E-state index contributed by atoms with van der Waals surface area (Å²) in [5.41, 5.74) is 1.22. The third-order valence-electron chi connectivity index (χ3n) is 1.83. The van der Waals surface area contributed by atoms with Crippen molar-refractivity contribution in [2.24, 2.45) is 0 Å². The highest BCUT2D eigenvalue weighted by Gasteiger charge is 2.21. The van der Waals surface area contributed by atoms with Crippen LogP contribution in [0.3, 0.4) is 0 Å². The SMILES string of the molecule is Cc1ccnn1C1COC1. The number of aryl methyl sites for hydroxylation is 1. The van der Waals surface area contributed by atoms with E-state index in [-0.39, 0.29) is 0 Å². The minimum Gasteiger partial charge on any atom is -0.377 e. The Morgan fingerprint density at radius 1 is 1.70 bits per heavy atom. The van der Waals surface area contributed by atoms with Gasteiger partial charge in [0, 0.05) is 11.9 Å². The Morgan fingerprint density at radius 3 is 2.90 bits per heavy atom. The van der Waals surface area contributed by atoms with Crippen LogP contribution in [0.5, 0.6) is 0 Å². The molecule has 1 fully saturated rings. The summed E-state index contributed by atoms with van der Waals surface area (Å²) in [6, 6.07) is 2.51. The second-order valence-corrected chi connectivity index (χ2v) is 2.61. The molecule has 1 aromatic rings. The van der Waals surface area contributed by atoms with Crippen LogP contribution in [0.2, 0.25) is 0 Å². The van der Waals surface area contributed by atoms with Crippen LogP contribution in [-0.2, 0) is 4.74 Å². The quantitative estimate of drug-likeness (QED) is 0.573. The van der Waals surface area contributed by atoms with E-state index < -0.39 is 0 Å². The highest BCUT2D eigenvalue weighted by Crippen LogP contribution is 2.17. The van der Waals surface area contributed by atoms with Gasteiger partial charge in [-0.05, 0) is 13.0 Å². The molecule has 1 aliphatic rings. The molecule has 3 nitrogen and oxygen atoms in total. The van der Waals surface area contributed by atoms with E-state index in [2.05, 4.69) is 12.0 Å². The Balaban J connectivity index is 2.23. The van der Waals surface area contributed by atoms with E-state index in [4.69, 9.17) is 4.74 Å². The van der Waals surface area contributed by atoms with Gasteiger partial charge in [0.2, 0.25) is 0 Å². The Morgan fingerprint density at radius 2 is 2.50 bits per heavy atom. The van der Waals surface area contributed by atoms with E-state index in [1.807, 2.05) is 16.9 Å². The molecule has 3 heteroatoms. The van der Waals surface area contributed by atoms with Gasteiger partial charge < -0.3 is 4.74 Å². The molecule has 0 unspecified atom stereocenters. The highest BCUT2D eigenvalue weighted by molar-refractivity contribution is 4.99. The summed E-state index contributed by atoms with van der Waals surface area (Å²) in [5.74, 6) is 0. The number of hydrogen-bond acceptors (Lipinski definition) is 2. The first-order valence-corrected chi connectivity index (χ1v) is 3.46. The molecular weight excluding hydrogens is 128 g/mol. The van der Waals surface area contributed by atoms with Crippen LogP contribution < -0.4 is 0 Å². The Bertz CT molecular complexity index is 227. The van der Waals surface area contributed by atoms with Crippen LogP contribution in [0.15, 0.2) is 12.3 Å². The zero-order chi connectivity index (χ0) is 6.97. The summed E-state index contributed by atoms with van der Waals surface area (Å²) in [6.45, 7) is 3.70. The maximum absolute atomic E-state index is 5.05. The van der Waals surface area contributed by atoms with Crippen LogP contribution in [0, 0.1) is 6.92 Å². The maximum atomic E-state index is 5.05. The van der Waals surface area contributed by atoms with Gasteiger partial charge in [-0.25, -0.2) is 0 Å². The fourth-order valence-corrected chi connectivity index (χ4v) is 1.13. The molecule has 2 heterocycles. The van der Waals surface area contributed by atoms with Crippen LogP contribution in [0.25, 0.3) is 0 Å². The van der Waals surface area contributed by atoms with Gasteiger partial charge in [0.05, 0.1) is 19.3 Å². The number of nitrogens with zero attached hydrogens (tertiary/aromatic N) is 2. The third kappa shape index (κ3) is 0.743. The highest BCUT2D eigenvalue weighted by atomic mass is 16.5. The van der Waals surface area contributed by atoms with Gasteiger partial charge in [0.1, 0.15) is 0 Å². The number of ether oxygens (including phenoxy) is 1. The molecule has 0 spiro atoms. The second-order valence-electron chi connectivity index (χ2n) is 2.61. The van der Waals surface area contributed by atoms with Crippen molar-refractivity contribution in [1.82, 2.24) is 9.78 Å². The molecule has 1 aromatic heterocycles. The summed E-state index contributed by atoms with van der Waals surface area (Å²) >= 11 is 0. The molecule has 0 saturated carbocycles. The van der Waals surface area contributed by atoms with Gasteiger partial charge >= 0.3 is 0 Å². The molecular formula is C7H10N2O. The first kappa shape index (κ1) is 5.92. The van der Waals surface area contributed by atoms with Crippen molar-refractivity contribution in [2.75, 3.05) is 13.2 Å². The molecule has 1 saturated heterocycles. The van der Waals surface area contributed by atoms with Gasteiger partial charge in [-0.2, -0.15) is 5.10 Å². The average Bonchev–Trinajstić information content (AvgIpc) is 2.12. The van der Waals surface area contributed by atoms with Crippen molar-refractivity contribution in [2.45, 2.75) is 13.0 Å². The van der Waals surface area contributed by atoms with E-state index >= 15 is 0 Å². The predicted octanol–water partition coefficient (Wildman–Crippen LogP) is 0.763. The Hall–Kier alpha value is -0.830. The predicted molar refractivity (Wildman–Crippen MR) is 36.8 cm³/mol. The fraction of sp³-hybridized carbons (Fsp3) is 0.571. The largest absolute Gasteiger partial charge is 0.377 e. The van der Waals surface area contributed by atoms with Crippen molar-refractivity contribution in [3.63, 3.8) is 0 Å². The number of rotatable bonds is 1. The molecule has 1 aliphatic heterocycles. The molecule has 0 N–H and O–H groups in total. The third-order valence-corrected chi connectivity index (χ3v) is 1.83. The lowest BCUT2D eigenvalue weighted by Crippen LogP contribution is -2.31. The molecule has 0 atom stereocenters. The zero-order valence-electron chi connectivity index (χ0n) is 5.95.